The van der Waals surface area contributed by atoms with Gasteiger partial charge in [0.15, 0.2) is 22.5 Å². The molecule has 0 aliphatic carbocycles. The molecule has 0 bridgehead atoms. The van der Waals surface area contributed by atoms with Crippen molar-refractivity contribution < 1.29 is 32.0 Å². The number of anilines is 1. The van der Waals surface area contributed by atoms with E-state index in [0.717, 1.165) is 13.2 Å². The summed E-state index contributed by atoms with van der Waals surface area (Å²) in [6, 6.07) is 3.41. The quantitative estimate of drug-likeness (QED) is 0.247. The second kappa shape index (κ2) is 8.35. The first kappa shape index (κ1) is 21.3. The van der Waals surface area contributed by atoms with Gasteiger partial charge in [-0.2, -0.15) is 8.78 Å². The van der Waals surface area contributed by atoms with Crippen LogP contribution in [0, 0.1) is 33.4 Å². The number of nitro groups is 1. The molecular weight excluding hydrogens is 430 g/mol. The van der Waals surface area contributed by atoms with Crippen LogP contribution in [-0.4, -0.2) is 23.1 Å². The number of benzene rings is 2. The van der Waals surface area contributed by atoms with Crippen LogP contribution in [0.15, 0.2) is 18.2 Å². The molecule has 0 saturated carbocycles. The Morgan fingerprint density at radius 3 is 2.25 bits per heavy atom. The Labute approximate surface area is 164 Å². The number of nitrogens with zero attached hydrogens (tertiary/aromatic N) is 1. The van der Waals surface area contributed by atoms with E-state index < -0.39 is 56.2 Å². The maximum Gasteiger partial charge on any atom is 0.289 e. The van der Waals surface area contributed by atoms with Crippen LogP contribution < -0.4 is 15.4 Å². The van der Waals surface area contributed by atoms with Gasteiger partial charge in [0.05, 0.1) is 12.0 Å². The number of amides is 1. The Hall–Kier alpha value is -2.99. The maximum atomic E-state index is 13.9. The van der Waals surface area contributed by atoms with E-state index in [1.807, 2.05) is 0 Å². The molecule has 7 nitrogen and oxygen atoms in total. The first-order chi connectivity index (χ1) is 13.1. The molecule has 0 unspecified atom stereocenters. The molecule has 148 valence electrons. The van der Waals surface area contributed by atoms with Crippen LogP contribution in [0.4, 0.5) is 28.9 Å². The third-order valence-corrected chi connectivity index (χ3v) is 3.81. The van der Waals surface area contributed by atoms with Crippen LogP contribution in [-0.2, 0) is 0 Å². The standard InChI is InChI=1S/C15H8ClF4N3O4S/c1-27-13-11(19)9(17)8(10(18)12(13)20)14(24)22-15(28)21-5-2-3-6(16)7(4-5)23(25)26/h2-4H,1H3,(H2,21,22,24,28). The summed E-state index contributed by atoms with van der Waals surface area (Å²) in [5, 5.41) is 14.3. The molecule has 0 heterocycles. The minimum absolute atomic E-state index is 0.00874. The average molecular weight is 438 g/mol. The fourth-order valence-electron chi connectivity index (χ4n) is 2.05. The number of thiocarbonyl (C=S) groups is 1. The third-order valence-electron chi connectivity index (χ3n) is 3.28. The van der Waals surface area contributed by atoms with E-state index in [1.54, 1.807) is 5.32 Å². The lowest BCUT2D eigenvalue weighted by atomic mass is 10.1. The van der Waals surface area contributed by atoms with Gasteiger partial charge in [-0.25, -0.2) is 8.78 Å². The molecule has 0 aliphatic rings. The van der Waals surface area contributed by atoms with E-state index in [2.05, 4.69) is 10.1 Å². The molecular formula is C15H8ClF4N3O4S. The van der Waals surface area contributed by atoms with Gasteiger partial charge in [0.25, 0.3) is 11.6 Å². The number of hydrogen-bond donors (Lipinski definition) is 2. The maximum absolute atomic E-state index is 13.9. The second-order valence-electron chi connectivity index (χ2n) is 5.00. The lowest BCUT2D eigenvalue weighted by molar-refractivity contribution is -0.384. The topological polar surface area (TPSA) is 93.5 Å². The summed E-state index contributed by atoms with van der Waals surface area (Å²) in [5.74, 6) is -10.7. The molecule has 13 heteroatoms. The van der Waals surface area contributed by atoms with Crippen molar-refractivity contribution >= 4 is 46.2 Å². The molecule has 28 heavy (non-hydrogen) atoms. The first-order valence-electron chi connectivity index (χ1n) is 7.04. The van der Waals surface area contributed by atoms with Crippen molar-refractivity contribution in [1.29, 1.82) is 0 Å². The van der Waals surface area contributed by atoms with Crippen molar-refractivity contribution in [3.63, 3.8) is 0 Å². The van der Waals surface area contributed by atoms with Crippen LogP contribution in [0.1, 0.15) is 10.4 Å². The fraction of sp³-hybridized carbons (Fsp3) is 0.0667. The molecule has 0 atom stereocenters. The number of methoxy groups -OCH3 is 1. The highest BCUT2D eigenvalue weighted by Crippen LogP contribution is 2.30. The number of hydrogen-bond acceptors (Lipinski definition) is 5. The van der Waals surface area contributed by atoms with E-state index in [-0.39, 0.29) is 10.7 Å². The number of rotatable bonds is 4. The van der Waals surface area contributed by atoms with Crippen molar-refractivity contribution in [3.05, 3.63) is 62.2 Å². The van der Waals surface area contributed by atoms with Gasteiger partial charge in [-0.1, -0.05) is 11.6 Å². The zero-order valence-electron chi connectivity index (χ0n) is 13.6. The minimum Gasteiger partial charge on any atom is -0.491 e. The summed E-state index contributed by atoms with van der Waals surface area (Å²) >= 11 is 10.4. The monoisotopic (exact) mass is 437 g/mol. The van der Waals surface area contributed by atoms with E-state index in [1.165, 1.54) is 12.1 Å². The third kappa shape index (κ3) is 4.12. The summed E-state index contributed by atoms with van der Waals surface area (Å²) in [4.78, 5) is 22.1. The Balaban J connectivity index is 2.26. The number of nitrogens with one attached hydrogen (secondary N) is 2. The van der Waals surface area contributed by atoms with Crippen molar-refractivity contribution in [2.24, 2.45) is 0 Å². The molecule has 2 aromatic rings. The average Bonchev–Trinajstić information content (AvgIpc) is 2.62. The number of ether oxygens (including phenoxy) is 1. The van der Waals surface area contributed by atoms with E-state index >= 15 is 0 Å². The summed E-state index contributed by atoms with van der Waals surface area (Å²) in [6.45, 7) is 0. The normalized spacial score (nSPS) is 10.4. The second-order valence-corrected chi connectivity index (χ2v) is 5.81. The Kier molecular flexibility index (Phi) is 6.36. The first-order valence-corrected chi connectivity index (χ1v) is 7.83. The zero-order valence-corrected chi connectivity index (χ0v) is 15.2. The Bertz CT molecular complexity index is 977. The molecule has 0 aliphatic heterocycles. The molecule has 0 saturated heterocycles. The van der Waals surface area contributed by atoms with Gasteiger partial charge in [0.2, 0.25) is 11.6 Å². The van der Waals surface area contributed by atoms with Gasteiger partial charge in [-0.05, 0) is 24.4 Å². The minimum atomic E-state index is -1.99. The van der Waals surface area contributed by atoms with Crippen LogP contribution in [0.25, 0.3) is 0 Å². The van der Waals surface area contributed by atoms with Crippen LogP contribution in [0.5, 0.6) is 5.75 Å². The van der Waals surface area contributed by atoms with E-state index in [9.17, 15) is 32.5 Å². The summed E-state index contributed by atoms with van der Waals surface area (Å²) < 4.78 is 59.5. The zero-order chi connectivity index (χ0) is 21.2. The van der Waals surface area contributed by atoms with Crippen LogP contribution in [0.3, 0.4) is 0 Å². The predicted octanol–water partition coefficient (Wildman–Crippen LogP) is 3.94. The van der Waals surface area contributed by atoms with Gasteiger partial charge >= 0.3 is 0 Å². The molecule has 2 aromatic carbocycles. The number of nitro benzene ring substituents is 1. The van der Waals surface area contributed by atoms with Crippen molar-refractivity contribution in [3.8, 4) is 5.75 Å². The Morgan fingerprint density at radius 1 is 1.18 bits per heavy atom. The lowest BCUT2D eigenvalue weighted by Gasteiger charge is -2.13. The van der Waals surface area contributed by atoms with Crippen LogP contribution >= 0.6 is 23.8 Å². The predicted molar refractivity (Wildman–Crippen MR) is 94.6 cm³/mol. The van der Waals surface area contributed by atoms with Gasteiger partial charge in [0, 0.05) is 11.8 Å². The summed E-state index contributed by atoms with van der Waals surface area (Å²) in [5.41, 5.74) is -2.03. The molecule has 0 fully saturated rings. The van der Waals surface area contributed by atoms with Crippen molar-refractivity contribution in [2.75, 3.05) is 12.4 Å². The molecule has 1 amide bonds. The Morgan fingerprint density at radius 2 is 1.75 bits per heavy atom. The van der Waals surface area contributed by atoms with Crippen molar-refractivity contribution in [1.82, 2.24) is 5.32 Å². The van der Waals surface area contributed by atoms with Crippen molar-refractivity contribution in [2.45, 2.75) is 0 Å². The molecule has 0 spiro atoms. The van der Waals surface area contributed by atoms with Gasteiger partial charge in [-0.15, -0.1) is 0 Å². The lowest BCUT2D eigenvalue weighted by Crippen LogP contribution is -2.35. The van der Waals surface area contributed by atoms with Gasteiger partial charge in [0.1, 0.15) is 10.6 Å². The molecule has 2 rings (SSSR count). The molecule has 2 N–H and O–H groups in total. The molecule has 0 radical (unpaired) electrons. The number of carbonyl (C=O) groups excluding carboxylic acids is 1. The summed E-state index contributed by atoms with van der Waals surface area (Å²) in [6.07, 6.45) is 0. The number of carbonyl (C=O) groups is 1. The molecule has 0 aromatic heterocycles. The van der Waals surface area contributed by atoms with E-state index in [4.69, 9.17) is 23.8 Å². The van der Waals surface area contributed by atoms with E-state index in [0.29, 0.717) is 0 Å². The smallest absolute Gasteiger partial charge is 0.289 e. The van der Waals surface area contributed by atoms with Crippen LogP contribution in [0.2, 0.25) is 5.02 Å². The highest BCUT2D eigenvalue weighted by atomic mass is 35.5. The van der Waals surface area contributed by atoms with Gasteiger partial charge < -0.3 is 10.1 Å². The number of halogens is 5. The largest absolute Gasteiger partial charge is 0.491 e. The SMILES string of the molecule is COc1c(F)c(F)c(C(=O)NC(=S)Nc2ccc(Cl)c([N+](=O)[O-])c2)c(F)c1F. The highest BCUT2D eigenvalue weighted by Gasteiger charge is 2.30. The highest BCUT2D eigenvalue weighted by molar-refractivity contribution is 7.80. The summed E-state index contributed by atoms with van der Waals surface area (Å²) in [7, 11) is 0.782. The van der Waals surface area contributed by atoms with Gasteiger partial charge in [-0.3, -0.25) is 20.2 Å². The fourth-order valence-corrected chi connectivity index (χ4v) is 2.45.